The average Bonchev–Trinajstić information content (AvgIpc) is 2.26. The fraction of sp³-hybridized carbons (Fsp3) is 1.00. The highest BCUT2D eigenvalue weighted by Crippen LogP contribution is 2.43. The first-order valence-corrected chi connectivity index (χ1v) is 7.86. The molecule has 102 valence electrons. The van der Waals surface area contributed by atoms with Gasteiger partial charge in [-0.15, -0.1) is 0 Å². The molecule has 0 bridgehead atoms. The molecule has 1 unspecified atom stereocenters. The molecule has 1 fully saturated rings. The van der Waals surface area contributed by atoms with Crippen LogP contribution in [-0.2, 0) is 0 Å². The Hall–Kier alpha value is 0.270. The lowest BCUT2D eigenvalue weighted by Gasteiger charge is -2.54. The van der Waals surface area contributed by atoms with E-state index in [0.29, 0.717) is 5.41 Å². The first-order chi connectivity index (χ1) is 7.69. The molecule has 1 saturated heterocycles. The molecule has 1 aliphatic heterocycles. The second-order valence-corrected chi connectivity index (χ2v) is 7.97. The molecule has 1 rings (SSSR count). The Morgan fingerprint density at radius 2 is 1.88 bits per heavy atom. The Labute approximate surface area is 112 Å². The first-order valence-electron chi connectivity index (χ1n) is 6.71. The van der Waals surface area contributed by atoms with Crippen LogP contribution in [0.15, 0.2) is 0 Å². The van der Waals surface area contributed by atoms with Crippen LogP contribution in [0, 0.1) is 5.41 Å². The smallest absolute Gasteiger partial charge is 0.0429 e. The minimum absolute atomic E-state index is 0.173. The van der Waals surface area contributed by atoms with E-state index in [9.17, 15) is 0 Å². The van der Waals surface area contributed by atoms with Crippen LogP contribution in [0.25, 0.3) is 0 Å². The van der Waals surface area contributed by atoms with Gasteiger partial charge >= 0.3 is 0 Å². The van der Waals surface area contributed by atoms with Crippen LogP contribution in [-0.4, -0.2) is 41.1 Å². The molecule has 0 aliphatic carbocycles. The van der Waals surface area contributed by atoms with Crippen molar-refractivity contribution in [2.45, 2.75) is 58.5 Å². The molecule has 0 radical (unpaired) electrons. The summed E-state index contributed by atoms with van der Waals surface area (Å²) in [6, 6.07) is 0. The van der Waals surface area contributed by atoms with Crippen LogP contribution in [0.1, 0.15) is 47.5 Å². The van der Waals surface area contributed by atoms with E-state index >= 15 is 0 Å². The third-order valence-corrected chi connectivity index (χ3v) is 6.26. The number of hydrogen-bond acceptors (Lipinski definition) is 3. The molecule has 1 atom stereocenters. The summed E-state index contributed by atoms with van der Waals surface area (Å²) >= 11 is 2.07. The van der Waals surface area contributed by atoms with Crippen molar-refractivity contribution in [1.29, 1.82) is 0 Å². The van der Waals surface area contributed by atoms with Gasteiger partial charge in [-0.25, -0.2) is 0 Å². The Balaban J connectivity index is 2.95. The van der Waals surface area contributed by atoms with Crippen molar-refractivity contribution in [3.63, 3.8) is 0 Å². The second-order valence-electron chi connectivity index (χ2n) is 6.99. The van der Waals surface area contributed by atoms with Crippen molar-refractivity contribution in [3.05, 3.63) is 0 Å². The van der Waals surface area contributed by atoms with Gasteiger partial charge in [-0.3, -0.25) is 4.90 Å². The van der Waals surface area contributed by atoms with Gasteiger partial charge < -0.3 is 5.73 Å². The van der Waals surface area contributed by atoms with E-state index in [0.717, 1.165) is 13.0 Å². The Morgan fingerprint density at radius 3 is 2.29 bits per heavy atom. The quantitative estimate of drug-likeness (QED) is 0.840. The third kappa shape index (κ3) is 3.18. The predicted octanol–water partition coefficient (Wildman–Crippen LogP) is 2.97. The lowest BCUT2D eigenvalue weighted by molar-refractivity contribution is 0.00999. The lowest BCUT2D eigenvalue weighted by Crippen LogP contribution is -2.64. The number of nitrogens with two attached hydrogens (primary N) is 1. The van der Waals surface area contributed by atoms with Gasteiger partial charge in [-0.05, 0) is 44.9 Å². The lowest BCUT2D eigenvalue weighted by atomic mass is 9.77. The maximum atomic E-state index is 6.16. The predicted molar refractivity (Wildman–Crippen MR) is 79.6 cm³/mol. The number of hydrogen-bond donors (Lipinski definition) is 1. The van der Waals surface area contributed by atoms with Gasteiger partial charge in [0.15, 0.2) is 0 Å². The minimum atomic E-state index is 0.173. The number of nitrogens with zero attached hydrogens (tertiary/aromatic N) is 1. The van der Waals surface area contributed by atoms with Crippen LogP contribution in [0.5, 0.6) is 0 Å². The molecule has 2 N–H and O–H groups in total. The Kier molecular flexibility index (Phi) is 4.60. The zero-order valence-electron chi connectivity index (χ0n) is 12.5. The van der Waals surface area contributed by atoms with Crippen molar-refractivity contribution in [1.82, 2.24) is 4.90 Å². The van der Waals surface area contributed by atoms with Gasteiger partial charge in [0.2, 0.25) is 0 Å². The zero-order valence-corrected chi connectivity index (χ0v) is 13.3. The highest BCUT2D eigenvalue weighted by molar-refractivity contribution is 7.99. The number of thioether (sulfide) groups is 1. The summed E-state index contributed by atoms with van der Waals surface area (Å²) in [6.45, 7) is 12.4. The standard InChI is InChI=1S/C14H30N2S/c1-7-13(4,5)16(6)14(9-15)8-12(2,3)10-17-11-14/h7-11,15H2,1-6H3. The molecule has 0 amide bonds. The van der Waals surface area contributed by atoms with E-state index in [4.69, 9.17) is 5.73 Å². The summed E-state index contributed by atoms with van der Waals surface area (Å²) in [5.74, 6) is 2.43. The van der Waals surface area contributed by atoms with Gasteiger partial charge in [-0.1, -0.05) is 20.8 Å². The van der Waals surface area contributed by atoms with Gasteiger partial charge in [0.05, 0.1) is 0 Å². The van der Waals surface area contributed by atoms with E-state index in [-0.39, 0.29) is 11.1 Å². The minimum Gasteiger partial charge on any atom is -0.329 e. The molecule has 0 saturated carbocycles. The van der Waals surface area contributed by atoms with E-state index in [1.54, 1.807) is 0 Å². The summed E-state index contributed by atoms with van der Waals surface area (Å²) in [5, 5.41) is 0. The molecule has 1 heterocycles. The molecule has 0 aromatic rings. The average molecular weight is 258 g/mol. The topological polar surface area (TPSA) is 29.3 Å². The summed E-state index contributed by atoms with van der Waals surface area (Å²) in [5.41, 5.74) is 6.96. The summed E-state index contributed by atoms with van der Waals surface area (Å²) in [7, 11) is 2.26. The van der Waals surface area contributed by atoms with Gasteiger partial charge in [0.1, 0.15) is 0 Å². The molecule has 1 aliphatic rings. The molecule has 0 spiro atoms. The van der Waals surface area contributed by atoms with E-state index < -0.39 is 0 Å². The summed E-state index contributed by atoms with van der Waals surface area (Å²) in [6.07, 6.45) is 2.37. The van der Waals surface area contributed by atoms with Crippen LogP contribution in [0.3, 0.4) is 0 Å². The molecule has 17 heavy (non-hydrogen) atoms. The van der Waals surface area contributed by atoms with Crippen molar-refractivity contribution in [2.75, 3.05) is 25.1 Å². The third-order valence-electron chi connectivity index (χ3n) is 4.54. The Morgan fingerprint density at radius 1 is 1.29 bits per heavy atom. The zero-order chi connectivity index (χ0) is 13.3. The fourth-order valence-corrected chi connectivity index (χ4v) is 4.42. The van der Waals surface area contributed by atoms with Crippen LogP contribution >= 0.6 is 11.8 Å². The van der Waals surface area contributed by atoms with E-state index in [1.807, 2.05) is 0 Å². The maximum Gasteiger partial charge on any atom is 0.0429 e. The van der Waals surface area contributed by atoms with Gasteiger partial charge in [-0.2, -0.15) is 11.8 Å². The Bertz CT molecular complexity index is 263. The van der Waals surface area contributed by atoms with Crippen LogP contribution < -0.4 is 5.73 Å². The molecule has 0 aromatic carbocycles. The fourth-order valence-electron chi connectivity index (χ4n) is 2.87. The SMILES string of the molecule is CCC(C)(C)N(C)C1(CN)CSCC(C)(C)C1. The maximum absolute atomic E-state index is 6.16. The van der Waals surface area contributed by atoms with Crippen LogP contribution in [0.2, 0.25) is 0 Å². The molecule has 3 heteroatoms. The molecule has 0 aromatic heterocycles. The summed E-state index contributed by atoms with van der Waals surface area (Å²) in [4.78, 5) is 2.55. The molecule has 2 nitrogen and oxygen atoms in total. The normalized spacial score (nSPS) is 29.6. The van der Waals surface area contributed by atoms with E-state index in [2.05, 4.69) is 58.3 Å². The largest absolute Gasteiger partial charge is 0.329 e. The van der Waals surface area contributed by atoms with Crippen LogP contribution in [0.4, 0.5) is 0 Å². The van der Waals surface area contributed by atoms with Crippen molar-refractivity contribution < 1.29 is 0 Å². The summed E-state index contributed by atoms with van der Waals surface area (Å²) < 4.78 is 0. The van der Waals surface area contributed by atoms with Gasteiger partial charge in [0, 0.05) is 23.4 Å². The van der Waals surface area contributed by atoms with E-state index in [1.165, 1.54) is 17.9 Å². The first kappa shape index (κ1) is 15.3. The van der Waals surface area contributed by atoms with Crippen molar-refractivity contribution in [2.24, 2.45) is 11.1 Å². The highest BCUT2D eigenvalue weighted by atomic mass is 32.2. The second kappa shape index (κ2) is 5.10. The van der Waals surface area contributed by atoms with Gasteiger partial charge in [0.25, 0.3) is 0 Å². The van der Waals surface area contributed by atoms with Crippen molar-refractivity contribution >= 4 is 11.8 Å². The van der Waals surface area contributed by atoms with Crippen molar-refractivity contribution in [3.8, 4) is 0 Å². The molecular formula is C14H30N2S. The highest BCUT2D eigenvalue weighted by Gasteiger charge is 2.46. The number of rotatable bonds is 4. The molecular weight excluding hydrogens is 228 g/mol. The number of likely N-dealkylation sites (N-methyl/N-ethyl adjacent to an activating group) is 1. The monoisotopic (exact) mass is 258 g/mol.